The van der Waals surface area contributed by atoms with Gasteiger partial charge in [0.25, 0.3) is 0 Å². The Hall–Kier alpha value is -2.08. The monoisotopic (exact) mass is 342 g/mol. The van der Waals surface area contributed by atoms with E-state index in [9.17, 15) is 0 Å². The molecule has 2 aliphatic carbocycles. The van der Waals surface area contributed by atoms with Crippen LogP contribution in [0.1, 0.15) is 69.4 Å². The second kappa shape index (κ2) is 7.66. The Bertz CT molecular complexity index is 802. The molecule has 2 aromatic carbocycles. The van der Waals surface area contributed by atoms with Gasteiger partial charge in [0.1, 0.15) is 0 Å². The van der Waals surface area contributed by atoms with Crippen molar-refractivity contribution < 1.29 is 0 Å². The highest BCUT2D eigenvalue weighted by Crippen LogP contribution is 2.34. The highest BCUT2D eigenvalue weighted by molar-refractivity contribution is 5.71. The molecule has 2 aromatic rings. The average Bonchev–Trinajstić information content (AvgIpc) is 2.70. The molecule has 0 N–H and O–H groups in total. The van der Waals surface area contributed by atoms with E-state index in [4.69, 9.17) is 0 Å². The SMILES string of the molecule is CC1=CCC(c2ccc(-c3ccc(C4=CCC(C)CC4)cc3)cc2)CC1. The van der Waals surface area contributed by atoms with Gasteiger partial charge in [0.2, 0.25) is 0 Å². The third kappa shape index (κ3) is 3.85. The van der Waals surface area contributed by atoms with Crippen LogP contribution in [0.3, 0.4) is 0 Å². The van der Waals surface area contributed by atoms with E-state index in [-0.39, 0.29) is 0 Å². The maximum absolute atomic E-state index is 2.44. The van der Waals surface area contributed by atoms with Crippen LogP contribution in [0.5, 0.6) is 0 Å². The third-order valence-electron chi connectivity index (χ3n) is 6.28. The number of benzene rings is 2. The van der Waals surface area contributed by atoms with Crippen LogP contribution in [0.15, 0.2) is 66.3 Å². The van der Waals surface area contributed by atoms with Gasteiger partial charge >= 0.3 is 0 Å². The smallest absolute Gasteiger partial charge is 0.0124 e. The van der Waals surface area contributed by atoms with Crippen molar-refractivity contribution in [3.8, 4) is 11.1 Å². The standard InChI is InChI=1S/C26H30/c1-19-3-7-21(8-4-19)23-11-15-25(16-12-23)26-17-13-24(14-18-26)22-9-5-20(2)6-10-22/h3,9,11-18,20-21H,4-8,10H2,1-2H3. The zero-order chi connectivity index (χ0) is 17.9. The zero-order valence-electron chi connectivity index (χ0n) is 16.2. The molecular formula is C26H30. The molecule has 0 spiro atoms. The molecule has 0 fully saturated rings. The van der Waals surface area contributed by atoms with Crippen molar-refractivity contribution >= 4 is 5.57 Å². The highest BCUT2D eigenvalue weighted by atomic mass is 14.2. The molecule has 0 aliphatic heterocycles. The number of hydrogen-bond acceptors (Lipinski definition) is 0. The molecule has 0 amide bonds. The average molecular weight is 343 g/mol. The Kier molecular flexibility index (Phi) is 5.11. The minimum Gasteiger partial charge on any atom is -0.0850 e. The van der Waals surface area contributed by atoms with Crippen molar-refractivity contribution in [1.82, 2.24) is 0 Å². The lowest BCUT2D eigenvalue weighted by Gasteiger charge is -2.21. The Balaban J connectivity index is 1.48. The van der Waals surface area contributed by atoms with Gasteiger partial charge in [0.05, 0.1) is 0 Å². The van der Waals surface area contributed by atoms with Crippen LogP contribution < -0.4 is 0 Å². The minimum absolute atomic E-state index is 0.704. The molecule has 2 aliphatic rings. The fourth-order valence-corrected chi connectivity index (χ4v) is 4.32. The molecule has 2 unspecified atom stereocenters. The van der Waals surface area contributed by atoms with Crippen molar-refractivity contribution in [3.05, 3.63) is 77.4 Å². The molecular weight excluding hydrogens is 312 g/mol. The van der Waals surface area contributed by atoms with Crippen LogP contribution in [0.25, 0.3) is 16.7 Å². The van der Waals surface area contributed by atoms with Gasteiger partial charge in [0, 0.05) is 0 Å². The molecule has 0 radical (unpaired) electrons. The van der Waals surface area contributed by atoms with Crippen molar-refractivity contribution in [2.24, 2.45) is 5.92 Å². The number of allylic oxidation sites excluding steroid dienone is 4. The van der Waals surface area contributed by atoms with E-state index < -0.39 is 0 Å². The van der Waals surface area contributed by atoms with Gasteiger partial charge in [0.15, 0.2) is 0 Å². The van der Waals surface area contributed by atoms with Crippen LogP contribution in [-0.4, -0.2) is 0 Å². The molecule has 134 valence electrons. The Morgan fingerprint density at radius 3 is 1.92 bits per heavy atom. The van der Waals surface area contributed by atoms with Gasteiger partial charge in [-0.25, -0.2) is 0 Å². The van der Waals surface area contributed by atoms with E-state index >= 15 is 0 Å². The lowest BCUT2D eigenvalue weighted by molar-refractivity contribution is 0.534. The van der Waals surface area contributed by atoms with Crippen molar-refractivity contribution in [2.75, 3.05) is 0 Å². The molecule has 0 bridgehead atoms. The molecule has 0 saturated heterocycles. The summed E-state index contributed by atoms with van der Waals surface area (Å²) < 4.78 is 0. The van der Waals surface area contributed by atoms with Gasteiger partial charge in [-0.2, -0.15) is 0 Å². The fourth-order valence-electron chi connectivity index (χ4n) is 4.32. The van der Waals surface area contributed by atoms with Crippen molar-refractivity contribution in [2.45, 2.75) is 58.3 Å². The van der Waals surface area contributed by atoms with E-state index in [0.29, 0.717) is 5.92 Å². The van der Waals surface area contributed by atoms with Crippen LogP contribution in [0.2, 0.25) is 0 Å². The molecule has 2 atom stereocenters. The molecule has 0 heteroatoms. The van der Waals surface area contributed by atoms with E-state index in [1.165, 1.54) is 66.4 Å². The van der Waals surface area contributed by atoms with E-state index in [0.717, 1.165) is 5.92 Å². The normalized spacial score (nSPS) is 23.3. The number of hydrogen-bond donors (Lipinski definition) is 0. The first-order chi connectivity index (χ1) is 12.7. The predicted octanol–water partition coefficient (Wildman–Crippen LogP) is 7.77. The van der Waals surface area contributed by atoms with Crippen LogP contribution >= 0.6 is 0 Å². The maximum Gasteiger partial charge on any atom is -0.0124 e. The summed E-state index contributed by atoms with van der Waals surface area (Å²) in [6.07, 6.45) is 12.4. The zero-order valence-corrected chi connectivity index (χ0v) is 16.2. The Morgan fingerprint density at radius 1 is 0.692 bits per heavy atom. The van der Waals surface area contributed by atoms with Crippen LogP contribution in [-0.2, 0) is 0 Å². The molecule has 4 rings (SSSR count). The first-order valence-electron chi connectivity index (χ1n) is 10.2. The molecule has 0 saturated carbocycles. The quantitative estimate of drug-likeness (QED) is 0.500. The van der Waals surface area contributed by atoms with Crippen molar-refractivity contribution in [1.29, 1.82) is 0 Å². The molecule has 26 heavy (non-hydrogen) atoms. The van der Waals surface area contributed by atoms with Gasteiger partial charge < -0.3 is 0 Å². The molecule has 0 aromatic heterocycles. The summed E-state index contributed by atoms with van der Waals surface area (Å²) in [6, 6.07) is 18.5. The van der Waals surface area contributed by atoms with Crippen molar-refractivity contribution in [3.63, 3.8) is 0 Å². The second-order valence-corrected chi connectivity index (χ2v) is 8.33. The summed E-state index contributed by atoms with van der Waals surface area (Å²) >= 11 is 0. The molecule has 0 nitrogen and oxygen atoms in total. The first-order valence-corrected chi connectivity index (χ1v) is 10.2. The first kappa shape index (κ1) is 17.3. The van der Waals surface area contributed by atoms with Gasteiger partial charge in [-0.05, 0) is 85.1 Å². The van der Waals surface area contributed by atoms with E-state index in [2.05, 4.69) is 74.5 Å². The highest BCUT2D eigenvalue weighted by Gasteiger charge is 2.15. The number of rotatable bonds is 3. The van der Waals surface area contributed by atoms with Gasteiger partial charge in [-0.1, -0.05) is 73.2 Å². The minimum atomic E-state index is 0.704. The summed E-state index contributed by atoms with van der Waals surface area (Å²) in [5, 5.41) is 0. The predicted molar refractivity (Wildman–Crippen MR) is 113 cm³/mol. The Labute approximate surface area is 158 Å². The topological polar surface area (TPSA) is 0 Å². The van der Waals surface area contributed by atoms with Gasteiger partial charge in [-0.15, -0.1) is 0 Å². The summed E-state index contributed by atoms with van der Waals surface area (Å²) in [5.74, 6) is 1.55. The van der Waals surface area contributed by atoms with E-state index in [1.807, 2.05) is 0 Å². The lowest BCUT2D eigenvalue weighted by atomic mass is 9.84. The summed E-state index contributed by atoms with van der Waals surface area (Å²) in [4.78, 5) is 0. The van der Waals surface area contributed by atoms with Gasteiger partial charge in [-0.3, -0.25) is 0 Å². The van der Waals surface area contributed by atoms with Crippen LogP contribution in [0, 0.1) is 5.92 Å². The Morgan fingerprint density at radius 2 is 1.35 bits per heavy atom. The largest absolute Gasteiger partial charge is 0.0850 e. The second-order valence-electron chi connectivity index (χ2n) is 8.33. The van der Waals surface area contributed by atoms with Crippen LogP contribution in [0.4, 0.5) is 0 Å². The van der Waals surface area contributed by atoms with E-state index in [1.54, 1.807) is 5.57 Å². The third-order valence-corrected chi connectivity index (χ3v) is 6.28. The lowest BCUT2D eigenvalue weighted by Crippen LogP contribution is -2.03. The fraction of sp³-hybridized carbons (Fsp3) is 0.385. The maximum atomic E-state index is 2.44. The summed E-state index contributed by atoms with van der Waals surface area (Å²) in [6.45, 7) is 4.61. The summed E-state index contributed by atoms with van der Waals surface area (Å²) in [5.41, 5.74) is 8.64. The summed E-state index contributed by atoms with van der Waals surface area (Å²) in [7, 11) is 0. The molecule has 0 heterocycles.